The Balaban J connectivity index is 1.36. The Kier molecular flexibility index (Phi) is 6.67. The molecular weight excluding hydrogens is 492 g/mol. The molecule has 0 radical (unpaired) electrons. The SMILES string of the molecule is Cc1cc(-c2cccc(NS(=O)(=O)N(C)C)c2)ccc1-c1n[nH]c(=O)n1CC1CCN(C(=O)C2CC2)C1. The second-order valence-electron chi connectivity index (χ2n) is 10.2. The number of hydrogen-bond donors (Lipinski definition) is 2. The summed E-state index contributed by atoms with van der Waals surface area (Å²) in [5.74, 6) is 1.26. The van der Waals surface area contributed by atoms with Gasteiger partial charge in [-0.25, -0.2) is 9.89 Å². The molecule has 0 spiro atoms. The van der Waals surface area contributed by atoms with Crippen molar-refractivity contribution in [2.24, 2.45) is 11.8 Å². The number of nitrogens with one attached hydrogen (secondary N) is 2. The highest BCUT2D eigenvalue weighted by molar-refractivity contribution is 7.90. The van der Waals surface area contributed by atoms with Crippen LogP contribution in [0.4, 0.5) is 5.69 Å². The first kappa shape index (κ1) is 25.2. The molecule has 1 aliphatic heterocycles. The van der Waals surface area contributed by atoms with E-state index >= 15 is 0 Å². The fourth-order valence-corrected chi connectivity index (χ4v) is 5.43. The Morgan fingerprint density at radius 3 is 2.59 bits per heavy atom. The number of carbonyl (C=O) groups excluding carboxylic acids is 1. The maximum absolute atomic E-state index is 12.6. The summed E-state index contributed by atoms with van der Waals surface area (Å²) in [6, 6.07) is 13.1. The minimum absolute atomic E-state index is 0.209. The van der Waals surface area contributed by atoms with Crippen molar-refractivity contribution in [1.82, 2.24) is 24.0 Å². The second-order valence-corrected chi connectivity index (χ2v) is 12.1. The van der Waals surface area contributed by atoms with Crippen LogP contribution in [0.5, 0.6) is 0 Å². The van der Waals surface area contributed by atoms with Crippen LogP contribution in [0.3, 0.4) is 0 Å². The van der Waals surface area contributed by atoms with Crippen molar-refractivity contribution in [2.75, 3.05) is 31.9 Å². The number of benzene rings is 2. The van der Waals surface area contributed by atoms with Crippen LogP contribution in [0.25, 0.3) is 22.5 Å². The van der Waals surface area contributed by atoms with E-state index < -0.39 is 10.2 Å². The van der Waals surface area contributed by atoms with Gasteiger partial charge in [-0.1, -0.05) is 30.3 Å². The molecule has 2 aromatic carbocycles. The molecule has 11 heteroatoms. The highest BCUT2D eigenvalue weighted by Gasteiger charge is 2.36. The number of aryl methyl sites for hydroxylation is 1. The fourth-order valence-electron chi connectivity index (χ4n) is 4.82. The van der Waals surface area contributed by atoms with E-state index in [0.717, 1.165) is 52.4 Å². The van der Waals surface area contributed by atoms with Gasteiger partial charge in [-0.05, 0) is 60.9 Å². The number of carbonyl (C=O) groups is 1. The van der Waals surface area contributed by atoms with Crippen molar-refractivity contribution in [3.05, 3.63) is 58.5 Å². The largest absolute Gasteiger partial charge is 0.343 e. The van der Waals surface area contributed by atoms with Gasteiger partial charge in [0, 0.05) is 45.2 Å². The molecule has 1 amide bonds. The number of anilines is 1. The third kappa shape index (κ3) is 5.33. The highest BCUT2D eigenvalue weighted by atomic mass is 32.2. The molecule has 1 aromatic heterocycles. The van der Waals surface area contributed by atoms with Crippen molar-refractivity contribution in [1.29, 1.82) is 0 Å². The summed E-state index contributed by atoms with van der Waals surface area (Å²) in [6.07, 6.45) is 2.87. The van der Waals surface area contributed by atoms with Crippen LogP contribution in [0.1, 0.15) is 24.8 Å². The van der Waals surface area contributed by atoms with Gasteiger partial charge in [-0.2, -0.15) is 17.8 Å². The molecule has 1 saturated carbocycles. The van der Waals surface area contributed by atoms with Crippen LogP contribution in [0.2, 0.25) is 0 Å². The smallest absolute Gasteiger partial charge is 0.342 e. The topological polar surface area (TPSA) is 120 Å². The predicted molar refractivity (Wildman–Crippen MR) is 142 cm³/mol. The maximum Gasteiger partial charge on any atom is 0.343 e. The molecule has 0 bridgehead atoms. The molecule has 1 aliphatic carbocycles. The van der Waals surface area contributed by atoms with Crippen LogP contribution in [0, 0.1) is 18.8 Å². The maximum atomic E-state index is 12.6. The van der Waals surface area contributed by atoms with Crippen molar-refractivity contribution in [3.63, 3.8) is 0 Å². The first-order valence-electron chi connectivity index (χ1n) is 12.5. The van der Waals surface area contributed by atoms with Gasteiger partial charge in [-0.3, -0.25) is 14.1 Å². The molecule has 1 saturated heterocycles. The summed E-state index contributed by atoms with van der Waals surface area (Å²) in [7, 11) is -0.663. The first-order chi connectivity index (χ1) is 17.6. The lowest BCUT2D eigenvalue weighted by atomic mass is 9.99. The summed E-state index contributed by atoms with van der Waals surface area (Å²) in [6.45, 7) is 3.90. The zero-order valence-corrected chi connectivity index (χ0v) is 22.1. The number of aromatic amines is 1. The molecule has 2 heterocycles. The molecule has 1 unspecified atom stereocenters. The van der Waals surface area contributed by atoms with E-state index in [0.29, 0.717) is 24.6 Å². The second kappa shape index (κ2) is 9.79. The van der Waals surface area contributed by atoms with Gasteiger partial charge < -0.3 is 4.90 Å². The normalized spacial score (nSPS) is 17.9. The zero-order chi connectivity index (χ0) is 26.3. The molecule has 2 fully saturated rings. The van der Waals surface area contributed by atoms with E-state index in [1.54, 1.807) is 22.8 Å². The van der Waals surface area contributed by atoms with E-state index in [2.05, 4.69) is 14.9 Å². The highest BCUT2D eigenvalue weighted by Crippen LogP contribution is 2.33. The lowest BCUT2D eigenvalue weighted by Crippen LogP contribution is -2.31. The van der Waals surface area contributed by atoms with Gasteiger partial charge in [0.1, 0.15) is 0 Å². The monoisotopic (exact) mass is 524 g/mol. The molecular formula is C26H32N6O4S. The summed E-state index contributed by atoms with van der Waals surface area (Å²) >= 11 is 0. The van der Waals surface area contributed by atoms with Gasteiger partial charge >= 0.3 is 15.9 Å². The van der Waals surface area contributed by atoms with E-state index in [4.69, 9.17) is 0 Å². The van der Waals surface area contributed by atoms with Gasteiger partial charge in [-0.15, -0.1) is 0 Å². The fraction of sp³-hybridized carbons (Fsp3) is 0.423. The van der Waals surface area contributed by atoms with Crippen LogP contribution in [-0.2, 0) is 21.5 Å². The van der Waals surface area contributed by atoms with Gasteiger partial charge in [0.05, 0.1) is 5.69 Å². The number of aromatic nitrogens is 3. The number of nitrogens with zero attached hydrogens (tertiary/aromatic N) is 4. The average Bonchev–Trinajstić information content (AvgIpc) is 3.51. The first-order valence-corrected chi connectivity index (χ1v) is 13.9. The lowest BCUT2D eigenvalue weighted by Gasteiger charge is -2.17. The zero-order valence-electron chi connectivity index (χ0n) is 21.3. The predicted octanol–water partition coefficient (Wildman–Crippen LogP) is 2.69. The Morgan fingerprint density at radius 2 is 1.89 bits per heavy atom. The molecule has 3 aromatic rings. The van der Waals surface area contributed by atoms with Crippen molar-refractivity contribution in [2.45, 2.75) is 32.7 Å². The van der Waals surface area contributed by atoms with Crippen LogP contribution < -0.4 is 10.4 Å². The molecule has 5 rings (SSSR count). The van der Waals surface area contributed by atoms with Crippen molar-refractivity contribution in [3.8, 4) is 22.5 Å². The minimum atomic E-state index is -3.61. The van der Waals surface area contributed by atoms with E-state index in [-0.39, 0.29) is 23.4 Å². The third-order valence-electron chi connectivity index (χ3n) is 7.11. The molecule has 10 nitrogen and oxygen atoms in total. The Labute approximate surface area is 216 Å². The van der Waals surface area contributed by atoms with Gasteiger partial charge in [0.15, 0.2) is 5.82 Å². The Hall–Kier alpha value is -3.44. The van der Waals surface area contributed by atoms with Crippen LogP contribution in [0.15, 0.2) is 47.3 Å². The van der Waals surface area contributed by atoms with E-state index in [1.807, 2.05) is 36.1 Å². The minimum Gasteiger partial charge on any atom is -0.342 e. The summed E-state index contributed by atoms with van der Waals surface area (Å²) in [5.41, 5.74) is 3.77. The van der Waals surface area contributed by atoms with Crippen LogP contribution >= 0.6 is 0 Å². The standard InChI is InChI=1S/C26H32N6O4S/c1-17-13-21(20-5-4-6-22(14-20)29-37(35,36)30(2)3)9-10-23(17)24-27-28-26(34)32(24)16-18-11-12-31(15-18)25(33)19-7-8-19/h4-6,9-10,13-14,18-19,29H,7-8,11-12,15-16H2,1-3H3,(H,28,34). The summed E-state index contributed by atoms with van der Waals surface area (Å²) in [4.78, 5) is 27.0. The molecule has 37 heavy (non-hydrogen) atoms. The molecule has 196 valence electrons. The number of hydrogen-bond acceptors (Lipinski definition) is 5. The van der Waals surface area contributed by atoms with E-state index in [1.165, 1.54) is 14.1 Å². The number of likely N-dealkylation sites (tertiary alicyclic amines) is 1. The Morgan fingerprint density at radius 1 is 1.14 bits per heavy atom. The number of rotatable bonds is 8. The molecule has 2 aliphatic rings. The van der Waals surface area contributed by atoms with Crippen LogP contribution in [-0.4, -0.2) is 65.5 Å². The number of H-pyrrole nitrogens is 1. The molecule has 2 N–H and O–H groups in total. The number of amides is 1. The van der Waals surface area contributed by atoms with E-state index in [9.17, 15) is 18.0 Å². The van der Waals surface area contributed by atoms with Crippen molar-refractivity contribution < 1.29 is 13.2 Å². The quantitative estimate of drug-likeness (QED) is 0.469. The lowest BCUT2D eigenvalue weighted by molar-refractivity contribution is -0.131. The van der Waals surface area contributed by atoms with Gasteiger partial charge in [0.2, 0.25) is 5.91 Å². The third-order valence-corrected chi connectivity index (χ3v) is 8.57. The summed E-state index contributed by atoms with van der Waals surface area (Å²) in [5, 5.41) is 6.91. The Bertz CT molecular complexity index is 1490. The molecule has 1 atom stereocenters. The van der Waals surface area contributed by atoms with Gasteiger partial charge in [0.25, 0.3) is 0 Å². The average molecular weight is 525 g/mol. The van der Waals surface area contributed by atoms with Crippen molar-refractivity contribution >= 4 is 21.8 Å². The summed E-state index contributed by atoms with van der Waals surface area (Å²) < 4.78 is 29.8.